The summed E-state index contributed by atoms with van der Waals surface area (Å²) >= 11 is 0. The van der Waals surface area contributed by atoms with Gasteiger partial charge < -0.3 is 14.2 Å². The van der Waals surface area contributed by atoms with Crippen LogP contribution in [-0.2, 0) is 20.7 Å². The molecule has 172 valence electrons. The van der Waals surface area contributed by atoms with Gasteiger partial charge in [0.15, 0.2) is 12.4 Å². The van der Waals surface area contributed by atoms with Crippen LogP contribution in [0.15, 0.2) is 47.0 Å². The highest BCUT2D eigenvalue weighted by molar-refractivity contribution is 5.99. The third-order valence-electron chi connectivity index (χ3n) is 5.98. The van der Waals surface area contributed by atoms with Crippen molar-refractivity contribution in [2.24, 2.45) is 5.92 Å². The first-order valence-electron chi connectivity index (χ1n) is 11.0. The lowest BCUT2D eigenvalue weighted by atomic mass is 10.1. The number of amides is 1. The van der Waals surface area contributed by atoms with Crippen molar-refractivity contribution in [3.05, 3.63) is 70.7 Å². The van der Waals surface area contributed by atoms with E-state index < -0.39 is 11.9 Å². The van der Waals surface area contributed by atoms with Crippen molar-refractivity contribution in [2.45, 2.75) is 33.6 Å². The molecule has 3 aromatic rings. The Hall–Kier alpha value is -3.68. The molecule has 3 heterocycles. The molecule has 0 saturated carbocycles. The SMILES string of the molecule is Cc1cc(-n2c(C)cc(C(=O)COC(=O)[C@@H]3CC(=O)N(CCc4ccccc4)C3)c2C)no1. The number of hydrogen-bond acceptors (Lipinski definition) is 6. The maximum Gasteiger partial charge on any atom is 0.311 e. The van der Waals surface area contributed by atoms with Crippen LogP contribution < -0.4 is 0 Å². The van der Waals surface area contributed by atoms with Gasteiger partial charge in [0.2, 0.25) is 11.7 Å². The second kappa shape index (κ2) is 9.44. The molecule has 1 aromatic carbocycles. The normalized spacial score (nSPS) is 15.8. The quantitative estimate of drug-likeness (QED) is 0.387. The van der Waals surface area contributed by atoms with Crippen LogP contribution in [0.3, 0.4) is 0 Å². The van der Waals surface area contributed by atoms with Crippen molar-refractivity contribution in [2.75, 3.05) is 19.7 Å². The summed E-state index contributed by atoms with van der Waals surface area (Å²) in [5, 5.41) is 4.01. The lowest BCUT2D eigenvalue weighted by Gasteiger charge is -2.16. The molecule has 1 aliphatic rings. The van der Waals surface area contributed by atoms with Gasteiger partial charge in [0, 0.05) is 42.5 Å². The van der Waals surface area contributed by atoms with Gasteiger partial charge in [-0.1, -0.05) is 35.5 Å². The first kappa shape index (κ1) is 22.5. The molecule has 1 atom stereocenters. The molecule has 8 nitrogen and oxygen atoms in total. The van der Waals surface area contributed by atoms with E-state index in [1.54, 1.807) is 24.0 Å². The van der Waals surface area contributed by atoms with Crippen LogP contribution in [0, 0.1) is 26.7 Å². The molecule has 1 amide bonds. The number of rotatable bonds is 8. The van der Waals surface area contributed by atoms with Gasteiger partial charge in [0.25, 0.3) is 0 Å². The lowest BCUT2D eigenvalue weighted by Crippen LogP contribution is -2.29. The van der Waals surface area contributed by atoms with Crippen LogP contribution in [0.1, 0.15) is 39.5 Å². The summed E-state index contributed by atoms with van der Waals surface area (Å²) in [6.07, 6.45) is 0.843. The number of Topliss-reactive ketones (excluding diaryl/α,β-unsaturated/α-hetero) is 1. The third kappa shape index (κ3) is 4.89. The monoisotopic (exact) mass is 449 g/mol. The molecule has 1 saturated heterocycles. The Bertz CT molecular complexity index is 1180. The molecule has 0 N–H and O–H groups in total. The number of likely N-dealkylation sites (tertiary alicyclic amines) is 1. The smallest absolute Gasteiger partial charge is 0.311 e. The fraction of sp³-hybridized carbons (Fsp3) is 0.360. The van der Waals surface area contributed by atoms with Gasteiger partial charge in [-0.25, -0.2) is 0 Å². The largest absolute Gasteiger partial charge is 0.457 e. The molecule has 0 radical (unpaired) electrons. The molecule has 33 heavy (non-hydrogen) atoms. The highest BCUT2D eigenvalue weighted by Gasteiger charge is 2.35. The standard InChI is InChI=1S/C25H27N3O5/c1-16-11-21(18(3)28(16)23-12-17(2)33-26-23)22(29)15-32-25(31)20-13-24(30)27(14-20)10-9-19-7-5-4-6-8-19/h4-8,11-12,20H,9-10,13-15H2,1-3H3/t20-/m1/s1. The van der Waals surface area contributed by atoms with Crippen LogP contribution in [0.25, 0.3) is 5.82 Å². The Labute approximate surface area is 192 Å². The van der Waals surface area contributed by atoms with E-state index in [2.05, 4.69) is 5.16 Å². The van der Waals surface area contributed by atoms with Crippen molar-refractivity contribution in [3.8, 4) is 5.82 Å². The Morgan fingerprint density at radius 2 is 1.91 bits per heavy atom. The Balaban J connectivity index is 1.32. The number of benzene rings is 1. The molecule has 0 unspecified atom stereocenters. The number of carbonyl (C=O) groups is 3. The molecular weight excluding hydrogens is 422 g/mol. The van der Waals surface area contributed by atoms with Crippen molar-refractivity contribution in [1.82, 2.24) is 14.6 Å². The molecule has 2 aromatic heterocycles. The fourth-order valence-electron chi connectivity index (χ4n) is 4.24. The maximum absolute atomic E-state index is 12.8. The van der Waals surface area contributed by atoms with Gasteiger partial charge in [-0.2, -0.15) is 0 Å². The molecule has 8 heteroatoms. The first-order chi connectivity index (χ1) is 15.8. The molecule has 1 fully saturated rings. The highest BCUT2D eigenvalue weighted by atomic mass is 16.5. The topological polar surface area (TPSA) is 94.6 Å². The van der Waals surface area contributed by atoms with Crippen LogP contribution in [-0.4, -0.2) is 52.0 Å². The summed E-state index contributed by atoms with van der Waals surface area (Å²) in [7, 11) is 0. The van der Waals surface area contributed by atoms with Gasteiger partial charge in [0.05, 0.1) is 5.92 Å². The second-order valence-corrected chi connectivity index (χ2v) is 8.42. The number of aryl methyl sites for hydroxylation is 2. The Morgan fingerprint density at radius 1 is 1.15 bits per heavy atom. The predicted octanol–water partition coefficient (Wildman–Crippen LogP) is 3.21. The summed E-state index contributed by atoms with van der Waals surface area (Å²) in [5.74, 6) is -0.160. The van der Waals surface area contributed by atoms with E-state index >= 15 is 0 Å². The molecule has 0 spiro atoms. The minimum absolute atomic E-state index is 0.0642. The van der Waals surface area contributed by atoms with Crippen LogP contribution in [0.5, 0.6) is 0 Å². The van der Waals surface area contributed by atoms with Crippen LogP contribution >= 0.6 is 0 Å². The van der Waals surface area contributed by atoms with E-state index in [9.17, 15) is 14.4 Å². The molecule has 4 rings (SSSR count). The Morgan fingerprint density at radius 3 is 2.61 bits per heavy atom. The number of ketones is 1. The van der Waals surface area contributed by atoms with Gasteiger partial charge >= 0.3 is 5.97 Å². The number of nitrogens with zero attached hydrogens (tertiary/aromatic N) is 3. The summed E-state index contributed by atoms with van der Waals surface area (Å²) in [6.45, 7) is 5.99. The van der Waals surface area contributed by atoms with E-state index in [4.69, 9.17) is 9.26 Å². The van der Waals surface area contributed by atoms with Crippen molar-refractivity contribution < 1.29 is 23.6 Å². The average molecular weight is 450 g/mol. The number of ether oxygens (including phenoxy) is 1. The zero-order valence-electron chi connectivity index (χ0n) is 19.0. The van der Waals surface area contributed by atoms with Gasteiger partial charge in [0.1, 0.15) is 5.76 Å². The average Bonchev–Trinajstić information content (AvgIpc) is 3.47. The van der Waals surface area contributed by atoms with Crippen LogP contribution in [0.4, 0.5) is 0 Å². The number of esters is 1. The number of aromatic nitrogens is 2. The minimum atomic E-state index is -0.549. The molecule has 0 aliphatic carbocycles. The Kier molecular flexibility index (Phi) is 6.44. The van der Waals surface area contributed by atoms with Gasteiger partial charge in [-0.05, 0) is 38.8 Å². The maximum atomic E-state index is 12.8. The highest BCUT2D eigenvalue weighted by Crippen LogP contribution is 2.23. The number of carbonyl (C=O) groups excluding carboxylic acids is 3. The molecule has 1 aliphatic heterocycles. The van der Waals surface area contributed by atoms with Crippen molar-refractivity contribution in [3.63, 3.8) is 0 Å². The summed E-state index contributed by atoms with van der Waals surface area (Å²) in [6, 6.07) is 13.4. The van der Waals surface area contributed by atoms with E-state index in [0.29, 0.717) is 35.9 Å². The first-order valence-corrected chi connectivity index (χ1v) is 11.0. The summed E-state index contributed by atoms with van der Waals surface area (Å²) < 4.78 is 12.3. The lowest BCUT2D eigenvalue weighted by molar-refractivity contribution is -0.147. The van der Waals surface area contributed by atoms with Crippen LogP contribution in [0.2, 0.25) is 0 Å². The predicted molar refractivity (Wildman–Crippen MR) is 120 cm³/mol. The van der Waals surface area contributed by atoms with E-state index in [1.165, 1.54) is 0 Å². The molecule has 0 bridgehead atoms. The van der Waals surface area contributed by atoms with E-state index in [0.717, 1.165) is 17.7 Å². The number of hydrogen-bond donors (Lipinski definition) is 0. The summed E-state index contributed by atoms with van der Waals surface area (Å²) in [5.41, 5.74) is 3.13. The van der Waals surface area contributed by atoms with Crippen molar-refractivity contribution in [1.29, 1.82) is 0 Å². The third-order valence-corrected chi connectivity index (χ3v) is 5.98. The summed E-state index contributed by atoms with van der Waals surface area (Å²) in [4.78, 5) is 39.3. The zero-order valence-corrected chi connectivity index (χ0v) is 19.0. The van der Waals surface area contributed by atoms with E-state index in [-0.39, 0.29) is 24.7 Å². The van der Waals surface area contributed by atoms with E-state index in [1.807, 2.05) is 48.7 Å². The minimum Gasteiger partial charge on any atom is -0.457 e. The fourth-order valence-corrected chi connectivity index (χ4v) is 4.24. The van der Waals surface area contributed by atoms with Gasteiger partial charge in [-0.15, -0.1) is 0 Å². The zero-order chi connectivity index (χ0) is 23.5. The molecular formula is C25H27N3O5. The van der Waals surface area contributed by atoms with Gasteiger partial charge in [-0.3, -0.25) is 19.0 Å². The van der Waals surface area contributed by atoms with Crippen molar-refractivity contribution >= 4 is 17.7 Å². The second-order valence-electron chi connectivity index (χ2n) is 8.42.